The summed E-state index contributed by atoms with van der Waals surface area (Å²) in [5, 5.41) is 10.9. The van der Waals surface area contributed by atoms with E-state index in [-0.39, 0.29) is 11.0 Å². The fourth-order valence-corrected chi connectivity index (χ4v) is 2.84. The molecule has 0 heterocycles. The summed E-state index contributed by atoms with van der Waals surface area (Å²) in [5.41, 5.74) is 0.818. The van der Waals surface area contributed by atoms with Crippen LogP contribution in [0.25, 0.3) is 10.8 Å². The molecule has 134 valence electrons. The maximum Gasteiger partial charge on any atom is 0.228 e. The molecule has 2 aromatic rings. The first-order valence-corrected chi connectivity index (χ1v) is 9.27. The number of carbonyl (C=O) groups excluding carboxylic acids is 1. The largest absolute Gasteiger partial charge is 0.339 e. The van der Waals surface area contributed by atoms with Crippen LogP contribution in [-0.2, 0) is 4.79 Å². The van der Waals surface area contributed by atoms with Crippen molar-refractivity contribution in [3.8, 4) is 0 Å². The number of thiocarbonyl (C=S) groups is 1. The number of benzene rings is 2. The number of hydrogen-bond donors (Lipinski definition) is 3. The third-order valence-corrected chi connectivity index (χ3v) is 4.30. The third-order valence-electron chi connectivity index (χ3n) is 3.42. The van der Waals surface area contributed by atoms with Gasteiger partial charge in [-0.15, -0.1) is 0 Å². The molecule has 1 amide bonds. The molecule has 1 atom stereocenters. The van der Waals surface area contributed by atoms with Gasteiger partial charge in [-0.05, 0) is 30.1 Å². The van der Waals surface area contributed by atoms with E-state index in [9.17, 15) is 4.79 Å². The van der Waals surface area contributed by atoms with Gasteiger partial charge in [0.2, 0.25) is 9.70 Å². The molecule has 0 saturated carbocycles. The zero-order valence-corrected chi connectivity index (χ0v) is 16.6. The molecule has 2 aromatic carbocycles. The summed E-state index contributed by atoms with van der Waals surface area (Å²) in [6, 6.07) is 13.7. The lowest BCUT2D eigenvalue weighted by molar-refractivity contribution is -0.121. The van der Waals surface area contributed by atoms with Gasteiger partial charge in [-0.25, -0.2) is 0 Å². The van der Waals surface area contributed by atoms with Crippen molar-refractivity contribution in [3.63, 3.8) is 0 Å². The molecule has 1 unspecified atom stereocenters. The minimum atomic E-state index is -1.76. The Balaban J connectivity index is 2.11. The second kappa shape index (κ2) is 8.90. The topological polar surface area (TPSA) is 53.2 Å². The monoisotopic (exact) mass is 417 g/mol. The Morgan fingerprint density at radius 2 is 1.80 bits per heavy atom. The Bertz CT molecular complexity index is 759. The van der Waals surface area contributed by atoms with Crippen molar-refractivity contribution < 1.29 is 4.79 Å². The summed E-state index contributed by atoms with van der Waals surface area (Å²) in [6.07, 6.45) is 0.0750. The van der Waals surface area contributed by atoms with Gasteiger partial charge in [0.05, 0.1) is 0 Å². The van der Waals surface area contributed by atoms with Crippen LogP contribution >= 0.6 is 47.0 Å². The molecule has 8 heteroatoms. The van der Waals surface area contributed by atoms with Gasteiger partial charge in [0, 0.05) is 17.5 Å². The zero-order chi connectivity index (χ0) is 18.4. The molecule has 0 aliphatic carbocycles. The van der Waals surface area contributed by atoms with E-state index in [0.717, 1.165) is 16.5 Å². The summed E-state index contributed by atoms with van der Waals surface area (Å²) < 4.78 is -1.76. The highest BCUT2D eigenvalue weighted by atomic mass is 35.6. The average Bonchev–Trinajstić information content (AvgIpc) is 2.54. The van der Waals surface area contributed by atoms with Crippen LogP contribution in [0.1, 0.15) is 19.8 Å². The van der Waals surface area contributed by atoms with Crippen molar-refractivity contribution in [1.29, 1.82) is 0 Å². The van der Waals surface area contributed by atoms with E-state index in [1.165, 1.54) is 0 Å². The number of alkyl halides is 3. The smallest absolute Gasteiger partial charge is 0.228 e. The van der Waals surface area contributed by atoms with Gasteiger partial charge < -0.3 is 16.0 Å². The minimum Gasteiger partial charge on any atom is -0.339 e. The lowest BCUT2D eigenvalue weighted by atomic mass is 10.1. The summed E-state index contributed by atoms with van der Waals surface area (Å²) in [6.45, 7) is 1.89. The first-order valence-electron chi connectivity index (χ1n) is 7.72. The zero-order valence-electron chi connectivity index (χ0n) is 13.5. The number of halogens is 3. The Hall–Kier alpha value is -1.27. The summed E-state index contributed by atoms with van der Waals surface area (Å²) in [5.74, 6) is -0.223. The summed E-state index contributed by atoms with van der Waals surface area (Å²) in [7, 11) is 0. The van der Waals surface area contributed by atoms with E-state index in [0.29, 0.717) is 12.8 Å². The molecule has 0 spiro atoms. The van der Waals surface area contributed by atoms with Gasteiger partial charge in [-0.3, -0.25) is 4.79 Å². The van der Waals surface area contributed by atoms with E-state index < -0.39 is 9.96 Å². The fraction of sp³-hybridized carbons (Fsp3) is 0.294. The van der Waals surface area contributed by atoms with Gasteiger partial charge in [0.1, 0.15) is 6.17 Å². The van der Waals surface area contributed by atoms with Crippen molar-refractivity contribution in [2.45, 2.75) is 29.7 Å². The second-order valence-corrected chi connectivity index (χ2v) is 8.19. The molecule has 3 N–H and O–H groups in total. The highest BCUT2D eigenvalue weighted by Crippen LogP contribution is 2.29. The van der Waals surface area contributed by atoms with E-state index in [1.54, 1.807) is 0 Å². The molecular weight excluding hydrogens is 401 g/mol. The maximum absolute atomic E-state index is 11.8. The van der Waals surface area contributed by atoms with Crippen LogP contribution in [0, 0.1) is 0 Å². The van der Waals surface area contributed by atoms with Crippen LogP contribution in [0.3, 0.4) is 0 Å². The SMILES string of the molecule is CCCC(=O)NC(NC(=S)Nc1cccc2ccccc12)C(Cl)(Cl)Cl. The Morgan fingerprint density at radius 3 is 2.48 bits per heavy atom. The number of fused-ring (bicyclic) bond motifs is 1. The minimum absolute atomic E-state index is 0.223. The van der Waals surface area contributed by atoms with Crippen molar-refractivity contribution in [3.05, 3.63) is 42.5 Å². The van der Waals surface area contributed by atoms with E-state index >= 15 is 0 Å². The molecule has 0 saturated heterocycles. The van der Waals surface area contributed by atoms with Gasteiger partial charge in [0.15, 0.2) is 5.11 Å². The normalized spacial score (nSPS) is 12.5. The lowest BCUT2D eigenvalue weighted by Crippen LogP contribution is -2.56. The van der Waals surface area contributed by atoms with Crippen LogP contribution in [0.5, 0.6) is 0 Å². The van der Waals surface area contributed by atoms with E-state index in [2.05, 4.69) is 16.0 Å². The molecule has 0 aliphatic rings. The average molecular weight is 419 g/mol. The van der Waals surface area contributed by atoms with Gasteiger partial charge >= 0.3 is 0 Å². The third kappa shape index (κ3) is 5.89. The molecular formula is C17H18Cl3N3OS. The van der Waals surface area contributed by atoms with Gasteiger partial charge in [0.25, 0.3) is 0 Å². The number of anilines is 1. The number of nitrogens with one attached hydrogen (secondary N) is 3. The molecule has 0 aliphatic heterocycles. The standard InChI is InChI=1S/C17H18Cl3N3OS/c1-2-6-14(24)22-15(17(18,19)20)23-16(25)21-13-10-5-8-11-7-3-4-9-12(11)13/h3-5,7-10,15H,2,6H2,1H3,(H,22,24)(H2,21,23,25). The van der Waals surface area contributed by atoms with Crippen molar-refractivity contribution in [2.75, 3.05) is 5.32 Å². The van der Waals surface area contributed by atoms with Crippen LogP contribution in [-0.4, -0.2) is 21.0 Å². The van der Waals surface area contributed by atoms with E-state index in [1.807, 2.05) is 49.4 Å². The van der Waals surface area contributed by atoms with Crippen LogP contribution in [0.2, 0.25) is 0 Å². The summed E-state index contributed by atoms with van der Waals surface area (Å²) >= 11 is 23.2. The molecule has 0 fully saturated rings. The predicted molar refractivity (Wildman–Crippen MR) is 110 cm³/mol. The van der Waals surface area contributed by atoms with Crippen LogP contribution < -0.4 is 16.0 Å². The predicted octanol–water partition coefficient (Wildman–Crippen LogP) is 4.74. The Kier molecular flexibility index (Phi) is 7.14. The maximum atomic E-state index is 11.8. The highest BCUT2D eigenvalue weighted by molar-refractivity contribution is 7.80. The molecule has 25 heavy (non-hydrogen) atoms. The first-order chi connectivity index (χ1) is 11.8. The van der Waals surface area contributed by atoms with Gasteiger partial charge in [-0.1, -0.05) is 78.1 Å². The molecule has 2 rings (SSSR count). The highest BCUT2D eigenvalue weighted by Gasteiger charge is 2.34. The van der Waals surface area contributed by atoms with Crippen molar-refractivity contribution in [1.82, 2.24) is 10.6 Å². The van der Waals surface area contributed by atoms with Crippen molar-refractivity contribution >= 4 is 74.5 Å². The molecule has 4 nitrogen and oxygen atoms in total. The fourth-order valence-electron chi connectivity index (χ4n) is 2.28. The first kappa shape index (κ1) is 20.0. The lowest BCUT2D eigenvalue weighted by Gasteiger charge is -2.28. The molecule has 0 aromatic heterocycles. The number of amides is 1. The quantitative estimate of drug-likeness (QED) is 0.373. The molecule has 0 bridgehead atoms. The number of rotatable bonds is 5. The van der Waals surface area contributed by atoms with E-state index in [4.69, 9.17) is 47.0 Å². The second-order valence-electron chi connectivity index (χ2n) is 5.42. The van der Waals surface area contributed by atoms with Crippen molar-refractivity contribution in [2.24, 2.45) is 0 Å². The van der Waals surface area contributed by atoms with Crippen LogP contribution in [0.4, 0.5) is 5.69 Å². The summed E-state index contributed by atoms with van der Waals surface area (Å²) in [4.78, 5) is 11.8. The number of hydrogen-bond acceptors (Lipinski definition) is 2. The van der Waals surface area contributed by atoms with Crippen LogP contribution in [0.15, 0.2) is 42.5 Å². The van der Waals surface area contributed by atoms with Gasteiger partial charge in [-0.2, -0.15) is 0 Å². The number of carbonyl (C=O) groups is 1. The molecule has 0 radical (unpaired) electrons. The Labute approximate surface area is 167 Å². The Morgan fingerprint density at radius 1 is 1.12 bits per heavy atom.